The van der Waals surface area contributed by atoms with Gasteiger partial charge in [-0.1, -0.05) is 5.16 Å². The molecule has 0 spiro atoms. The Hall–Kier alpha value is -2.15. The Labute approximate surface area is 146 Å². The second kappa shape index (κ2) is 6.63. The van der Waals surface area contributed by atoms with E-state index in [-0.39, 0.29) is 11.8 Å². The normalized spacial score (nSPS) is 19.9. The molecular weight excluding hydrogens is 320 g/mol. The van der Waals surface area contributed by atoms with Gasteiger partial charge in [-0.25, -0.2) is 0 Å². The first kappa shape index (κ1) is 16.3. The molecule has 0 aromatic carbocycles. The first-order valence-electron chi connectivity index (χ1n) is 9.00. The van der Waals surface area contributed by atoms with E-state index < -0.39 is 0 Å². The number of hydrogen-bond acceptors (Lipinski definition) is 5. The van der Waals surface area contributed by atoms with E-state index in [0.29, 0.717) is 31.2 Å². The van der Waals surface area contributed by atoms with Gasteiger partial charge in [-0.2, -0.15) is 5.10 Å². The van der Waals surface area contributed by atoms with Crippen LogP contribution in [0.4, 0.5) is 0 Å². The molecule has 0 bridgehead atoms. The van der Waals surface area contributed by atoms with Gasteiger partial charge >= 0.3 is 0 Å². The van der Waals surface area contributed by atoms with Crippen LogP contribution in [0.5, 0.6) is 0 Å². The largest absolute Gasteiger partial charge is 0.380 e. The maximum atomic E-state index is 12.8. The molecule has 0 radical (unpaired) electrons. The number of rotatable bonds is 6. The summed E-state index contributed by atoms with van der Waals surface area (Å²) in [6.07, 6.45) is 4.65. The first-order valence-corrected chi connectivity index (χ1v) is 9.00. The van der Waals surface area contributed by atoms with Crippen molar-refractivity contribution in [2.24, 2.45) is 5.92 Å². The van der Waals surface area contributed by atoms with E-state index in [1.807, 2.05) is 4.68 Å². The van der Waals surface area contributed by atoms with E-state index in [0.717, 1.165) is 24.8 Å². The number of nitrogens with zero attached hydrogens (tertiary/aromatic N) is 4. The van der Waals surface area contributed by atoms with Gasteiger partial charge in [-0.3, -0.25) is 9.48 Å². The zero-order chi connectivity index (χ0) is 17.4. The van der Waals surface area contributed by atoms with Crippen molar-refractivity contribution in [3.8, 4) is 0 Å². The molecule has 0 N–H and O–H groups in total. The molecule has 2 aromatic rings. The summed E-state index contributed by atoms with van der Waals surface area (Å²) in [6, 6.07) is 1.68. The topological polar surface area (TPSA) is 73.4 Å². The number of aryl methyl sites for hydroxylation is 2. The lowest BCUT2D eigenvalue weighted by Gasteiger charge is -2.31. The Morgan fingerprint density at radius 1 is 1.40 bits per heavy atom. The first-order chi connectivity index (χ1) is 12.1. The molecule has 3 heterocycles. The van der Waals surface area contributed by atoms with E-state index in [9.17, 15) is 4.79 Å². The Morgan fingerprint density at radius 2 is 2.24 bits per heavy atom. The molecule has 0 saturated heterocycles. The van der Waals surface area contributed by atoms with Crippen molar-refractivity contribution in [1.82, 2.24) is 19.8 Å². The quantitative estimate of drug-likeness (QED) is 0.804. The van der Waals surface area contributed by atoms with E-state index in [1.54, 1.807) is 17.9 Å². The van der Waals surface area contributed by atoms with Crippen molar-refractivity contribution in [3.63, 3.8) is 0 Å². The van der Waals surface area contributed by atoms with Crippen LogP contribution in [0.25, 0.3) is 0 Å². The van der Waals surface area contributed by atoms with Gasteiger partial charge in [-0.05, 0) is 32.6 Å². The molecule has 4 rings (SSSR count). The molecular formula is C18H24N4O3. The van der Waals surface area contributed by atoms with Gasteiger partial charge in [0.05, 0.1) is 18.8 Å². The summed E-state index contributed by atoms with van der Waals surface area (Å²) in [7, 11) is 0. The summed E-state index contributed by atoms with van der Waals surface area (Å²) in [5.41, 5.74) is 2.52. The second-order valence-electron chi connectivity index (χ2n) is 7.07. The third kappa shape index (κ3) is 3.46. The number of carbonyl (C=O) groups excluding carboxylic acids is 1. The highest BCUT2D eigenvalue weighted by Crippen LogP contribution is 2.32. The van der Waals surface area contributed by atoms with Gasteiger partial charge < -0.3 is 14.2 Å². The summed E-state index contributed by atoms with van der Waals surface area (Å²) in [6.45, 7) is 7.25. The molecule has 0 unspecified atom stereocenters. The van der Waals surface area contributed by atoms with Crippen molar-refractivity contribution < 1.29 is 14.1 Å². The number of carbonyl (C=O) groups is 1. The Kier molecular flexibility index (Phi) is 4.33. The second-order valence-corrected chi connectivity index (χ2v) is 7.07. The molecule has 134 valence electrons. The molecule has 1 saturated carbocycles. The van der Waals surface area contributed by atoms with E-state index in [4.69, 9.17) is 9.26 Å². The molecule has 2 aromatic heterocycles. The lowest BCUT2D eigenvalue weighted by atomic mass is 9.95. The Morgan fingerprint density at radius 3 is 2.92 bits per heavy atom. The highest BCUT2D eigenvalue weighted by Gasteiger charge is 2.33. The minimum absolute atomic E-state index is 0.110. The van der Waals surface area contributed by atoms with Crippen LogP contribution in [0.3, 0.4) is 0 Å². The third-order valence-electron chi connectivity index (χ3n) is 4.92. The molecule has 7 heteroatoms. The summed E-state index contributed by atoms with van der Waals surface area (Å²) >= 11 is 0. The lowest BCUT2D eigenvalue weighted by molar-refractivity contribution is 0.0618. The molecule has 7 nitrogen and oxygen atoms in total. The minimum Gasteiger partial charge on any atom is -0.380 e. The summed E-state index contributed by atoms with van der Waals surface area (Å²) in [4.78, 5) is 14.6. The summed E-state index contributed by atoms with van der Waals surface area (Å²) in [5.74, 6) is 1.42. The SMILES string of the molecule is CCn1cc2c(n1)CN(C(=O)c1cc(C)on1)C[C@H]2COCC1CC1. The van der Waals surface area contributed by atoms with Crippen LogP contribution in [-0.2, 0) is 17.8 Å². The van der Waals surface area contributed by atoms with E-state index >= 15 is 0 Å². The zero-order valence-corrected chi connectivity index (χ0v) is 14.8. The van der Waals surface area contributed by atoms with Crippen molar-refractivity contribution in [1.29, 1.82) is 0 Å². The number of hydrogen-bond donors (Lipinski definition) is 0. The summed E-state index contributed by atoms with van der Waals surface area (Å²) in [5, 5.41) is 8.49. The monoisotopic (exact) mass is 344 g/mol. The fourth-order valence-corrected chi connectivity index (χ4v) is 3.30. The van der Waals surface area contributed by atoms with Gasteiger partial charge in [0.1, 0.15) is 5.76 Å². The zero-order valence-electron chi connectivity index (χ0n) is 14.8. The van der Waals surface area contributed by atoms with Crippen LogP contribution >= 0.6 is 0 Å². The fraction of sp³-hybridized carbons (Fsp3) is 0.611. The van der Waals surface area contributed by atoms with Crippen LogP contribution in [-0.4, -0.2) is 45.5 Å². The van der Waals surface area contributed by atoms with Crippen molar-refractivity contribution in [2.75, 3.05) is 19.8 Å². The van der Waals surface area contributed by atoms with Crippen molar-refractivity contribution in [3.05, 3.63) is 35.0 Å². The van der Waals surface area contributed by atoms with Crippen molar-refractivity contribution in [2.45, 2.75) is 45.7 Å². The predicted molar refractivity (Wildman–Crippen MR) is 90.2 cm³/mol. The third-order valence-corrected chi connectivity index (χ3v) is 4.92. The van der Waals surface area contributed by atoms with Crippen molar-refractivity contribution >= 4 is 5.91 Å². The highest BCUT2D eigenvalue weighted by molar-refractivity contribution is 5.92. The molecule has 1 fully saturated rings. The minimum atomic E-state index is -0.110. The van der Waals surface area contributed by atoms with Gasteiger partial charge in [-0.15, -0.1) is 0 Å². The lowest BCUT2D eigenvalue weighted by Crippen LogP contribution is -2.39. The average molecular weight is 344 g/mol. The Bertz CT molecular complexity index is 762. The molecule has 1 atom stereocenters. The maximum absolute atomic E-state index is 12.8. The standard InChI is InChI=1S/C18H24N4O3/c1-3-22-8-15-14(11-24-10-13-4-5-13)7-21(9-17(15)19-22)18(23)16-6-12(2)25-20-16/h6,8,13-14H,3-5,7,9-11H2,1-2H3/t14-/m0/s1. The van der Waals surface area contributed by atoms with Crippen LogP contribution in [0.2, 0.25) is 0 Å². The Balaban J connectivity index is 1.52. The van der Waals surface area contributed by atoms with E-state index in [1.165, 1.54) is 18.4 Å². The average Bonchev–Trinajstić information content (AvgIpc) is 3.17. The number of ether oxygens (including phenoxy) is 1. The van der Waals surface area contributed by atoms with Crippen LogP contribution in [0.1, 0.15) is 53.2 Å². The van der Waals surface area contributed by atoms with Crippen LogP contribution < -0.4 is 0 Å². The van der Waals surface area contributed by atoms with Gasteiger partial charge in [0.2, 0.25) is 0 Å². The number of fused-ring (bicyclic) bond motifs is 1. The highest BCUT2D eigenvalue weighted by atomic mass is 16.5. The van der Waals surface area contributed by atoms with Gasteiger partial charge in [0, 0.05) is 43.4 Å². The predicted octanol–water partition coefficient (Wildman–Crippen LogP) is 2.37. The van der Waals surface area contributed by atoms with Gasteiger partial charge in [0.15, 0.2) is 5.69 Å². The number of amides is 1. The van der Waals surface area contributed by atoms with E-state index in [2.05, 4.69) is 23.4 Å². The molecule has 1 aliphatic carbocycles. The molecule has 1 amide bonds. The van der Waals surface area contributed by atoms with Crippen LogP contribution in [0, 0.1) is 12.8 Å². The fourth-order valence-electron chi connectivity index (χ4n) is 3.30. The summed E-state index contributed by atoms with van der Waals surface area (Å²) < 4.78 is 12.9. The molecule has 25 heavy (non-hydrogen) atoms. The molecule has 1 aliphatic heterocycles. The molecule has 2 aliphatic rings. The smallest absolute Gasteiger partial charge is 0.276 e. The van der Waals surface area contributed by atoms with Crippen LogP contribution in [0.15, 0.2) is 16.8 Å². The number of aromatic nitrogens is 3. The van der Waals surface area contributed by atoms with Gasteiger partial charge in [0.25, 0.3) is 5.91 Å². The maximum Gasteiger partial charge on any atom is 0.276 e.